The lowest BCUT2D eigenvalue weighted by Crippen LogP contribution is -2.08. The summed E-state index contributed by atoms with van der Waals surface area (Å²) >= 11 is 0. The standard InChI is InChI=1S/C20H19N5O/c26-14-15-5-1-2-7-17(15)18-13-24-20-19(23-11-12-25(18)20)22-10-8-16-6-3-4-9-21-16/h1-7,9,11-13,26H,8,10,14H2,(H,22,23). The number of nitrogens with zero attached hydrogens (tertiary/aromatic N) is 4. The molecule has 3 heterocycles. The SMILES string of the molecule is OCc1ccccc1-c1cnc2c(NCCc3ccccn3)nccn12. The van der Waals surface area contributed by atoms with Gasteiger partial charge in [0.2, 0.25) is 0 Å². The number of aliphatic hydroxyl groups excluding tert-OH is 1. The fourth-order valence-electron chi connectivity index (χ4n) is 3.01. The number of pyridine rings is 1. The normalized spacial score (nSPS) is 11.0. The maximum Gasteiger partial charge on any atom is 0.180 e. The Bertz CT molecular complexity index is 1010. The second kappa shape index (κ2) is 7.33. The molecule has 0 aliphatic heterocycles. The van der Waals surface area contributed by atoms with E-state index in [9.17, 15) is 5.11 Å². The number of imidazole rings is 1. The molecular formula is C20H19N5O. The van der Waals surface area contributed by atoms with Gasteiger partial charge in [-0.15, -0.1) is 0 Å². The van der Waals surface area contributed by atoms with E-state index in [1.807, 2.05) is 59.3 Å². The average molecular weight is 345 g/mol. The zero-order valence-corrected chi connectivity index (χ0v) is 14.2. The topological polar surface area (TPSA) is 75.3 Å². The highest BCUT2D eigenvalue weighted by atomic mass is 16.3. The van der Waals surface area contributed by atoms with Gasteiger partial charge < -0.3 is 10.4 Å². The van der Waals surface area contributed by atoms with Crippen LogP contribution in [0.5, 0.6) is 0 Å². The molecule has 1 aromatic carbocycles. The van der Waals surface area contributed by atoms with Gasteiger partial charge in [0.05, 0.1) is 18.5 Å². The maximum absolute atomic E-state index is 9.61. The van der Waals surface area contributed by atoms with Crippen LogP contribution in [-0.4, -0.2) is 31.0 Å². The van der Waals surface area contributed by atoms with Crippen molar-refractivity contribution in [1.82, 2.24) is 19.4 Å². The Morgan fingerprint density at radius 3 is 2.69 bits per heavy atom. The number of benzene rings is 1. The predicted octanol–water partition coefficient (Wildman–Crippen LogP) is 2.94. The number of hydrogen-bond acceptors (Lipinski definition) is 5. The summed E-state index contributed by atoms with van der Waals surface area (Å²) in [6, 6.07) is 13.7. The van der Waals surface area contributed by atoms with E-state index in [-0.39, 0.29) is 6.61 Å². The van der Waals surface area contributed by atoms with E-state index in [1.54, 1.807) is 12.4 Å². The molecule has 0 aliphatic rings. The number of rotatable bonds is 6. The highest BCUT2D eigenvalue weighted by molar-refractivity contribution is 5.72. The first kappa shape index (κ1) is 16.2. The number of fused-ring (bicyclic) bond motifs is 1. The summed E-state index contributed by atoms with van der Waals surface area (Å²) in [6.45, 7) is 0.711. The van der Waals surface area contributed by atoms with Crippen LogP contribution in [0.4, 0.5) is 5.82 Å². The Hall–Kier alpha value is -3.25. The van der Waals surface area contributed by atoms with Crippen LogP contribution >= 0.6 is 0 Å². The zero-order valence-electron chi connectivity index (χ0n) is 14.2. The quantitative estimate of drug-likeness (QED) is 0.562. The third-order valence-corrected chi connectivity index (χ3v) is 4.29. The van der Waals surface area contributed by atoms with Crippen molar-refractivity contribution < 1.29 is 5.11 Å². The van der Waals surface area contributed by atoms with E-state index in [1.165, 1.54) is 0 Å². The number of hydrogen-bond donors (Lipinski definition) is 2. The van der Waals surface area contributed by atoms with Crippen molar-refractivity contribution in [3.63, 3.8) is 0 Å². The van der Waals surface area contributed by atoms with Crippen LogP contribution in [0.25, 0.3) is 16.9 Å². The molecule has 6 heteroatoms. The molecule has 2 N–H and O–H groups in total. The van der Waals surface area contributed by atoms with Gasteiger partial charge in [-0.3, -0.25) is 9.38 Å². The van der Waals surface area contributed by atoms with Crippen molar-refractivity contribution in [2.75, 3.05) is 11.9 Å². The molecule has 0 spiro atoms. The summed E-state index contributed by atoms with van der Waals surface area (Å²) in [5, 5.41) is 13.0. The highest BCUT2D eigenvalue weighted by Gasteiger charge is 2.12. The monoisotopic (exact) mass is 345 g/mol. The molecule has 130 valence electrons. The fourth-order valence-corrected chi connectivity index (χ4v) is 3.01. The van der Waals surface area contributed by atoms with Gasteiger partial charge in [0.15, 0.2) is 11.5 Å². The largest absolute Gasteiger partial charge is 0.392 e. The molecule has 0 unspecified atom stereocenters. The van der Waals surface area contributed by atoms with Gasteiger partial charge >= 0.3 is 0 Å². The second-order valence-corrected chi connectivity index (χ2v) is 5.93. The molecule has 0 saturated heterocycles. The summed E-state index contributed by atoms with van der Waals surface area (Å²) in [6.07, 6.45) is 8.06. The van der Waals surface area contributed by atoms with Crippen LogP contribution in [0.3, 0.4) is 0 Å². The van der Waals surface area contributed by atoms with Gasteiger partial charge in [-0.2, -0.15) is 0 Å². The fraction of sp³-hybridized carbons (Fsp3) is 0.150. The highest BCUT2D eigenvalue weighted by Crippen LogP contribution is 2.26. The summed E-state index contributed by atoms with van der Waals surface area (Å²) < 4.78 is 1.99. The minimum Gasteiger partial charge on any atom is -0.392 e. The first-order chi connectivity index (χ1) is 12.9. The van der Waals surface area contributed by atoms with Crippen LogP contribution in [0.2, 0.25) is 0 Å². The maximum atomic E-state index is 9.61. The predicted molar refractivity (Wildman–Crippen MR) is 101 cm³/mol. The van der Waals surface area contributed by atoms with E-state index in [2.05, 4.69) is 20.3 Å². The minimum atomic E-state index is -0.0102. The van der Waals surface area contributed by atoms with Gasteiger partial charge in [0, 0.05) is 42.8 Å². The molecular weight excluding hydrogens is 326 g/mol. The molecule has 4 rings (SSSR count). The van der Waals surface area contributed by atoms with E-state index in [0.29, 0.717) is 0 Å². The Morgan fingerprint density at radius 2 is 1.85 bits per heavy atom. The van der Waals surface area contributed by atoms with Gasteiger partial charge in [0.1, 0.15) is 0 Å². The van der Waals surface area contributed by atoms with Gasteiger partial charge in [-0.05, 0) is 17.7 Å². The summed E-state index contributed by atoms with van der Waals surface area (Å²) in [5.41, 5.74) is 4.56. The van der Waals surface area contributed by atoms with Crippen molar-refractivity contribution in [3.05, 3.63) is 78.5 Å². The Balaban J connectivity index is 1.61. The van der Waals surface area contributed by atoms with Crippen molar-refractivity contribution in [1.29, 1.82) is 0 Å². The lowest BCUT2D eigenvalue weighted by atomic mass is 10.1. The molecule has 3 aromatic heterocycles. The molecule has 0 aliphatic carbocycles. The van der Waals surface area contributed by atoms with E-state index >= 15 is 0 Å². The molecule has 0 amide bonds. The van der Waals surface area contributed by atoms with Crippen LogP contribution in [0.1, 0.15) is 11.3 Å². The van der Waals surface area contributed by atoms with Crippen LogP contribution < -0.4 is 5.32 Å². The third-order valence-electron chi connectivity index (χ3n) is 4.29. The van der Waals surface area contributed by atoms with Crippen LogP contribution in [0.15, 0.2) is 67.3 Å². The van der Waals surface area contributed by atoms with Crippen molar-refractivity contribution >= 4 is 11.5 Å². The number of aliphatic hydroxyl groups is 1. The summed E-state index contributed by atoms with van der Waals surface area (Å²) in [4.78, 5) is 13.3. The van der Waals surface area contributed by atoms with Gasteiger partial charge in [0.25, 0.3) is 0 Å². The first-order valence-corrected chi connectivity index (χ1v) is 8.52. The second-order valence-electron chi connectivity index (χ2n) is 5.93. The average Bonchev–Trinajstić information content (AvgIpc) is 3.13. The zero-order chi connectivity index (χ0) is 17.8. The molecule has 0 radical (unpaired) electrons. The minimum absolute atomic E-state index is 0.0102. The molecule has 26 heavy (non-hydrogen) atoms. The number of aromatic nitrogens is 4. The summed E-state index contributed by atoms with van der Waals surface area (Å²) in [7, 11) is 0. The third kappa shape index (κ3) is 3.14. The van der Waals surface area contributed by atoms with E-state index < -0.39 is 0 Å². The van der Waals surface area contributed by atoms with Gasteiger partial charge in [-0.1, -0.05) is 30.3 Å². The lowest BCUT2D eigenvalue weighted by molar-refractivity contribution is 0.282. The molecule has 0 bridgehead atoms. The van der Waals surface area contributed by atoms with Crippen molar-refractivity contribution in [2.24, 2.45) is 0 Å². The number of nitrogens with one attached hydrogen (secondary N) is 1. The van der Waals surface area contributed by atoms with E-state index in [0.717, 1.165) is 46.9 Å². The molecule has 6 nitrogen and oxygen atoms in total. The Kier molecular flexibility index (Phi) is 4.57. The van der Waals surface area contributed by atoms with Crippen molar-refractivity contribution in [3.8, 4) is 11.3 Å². The lowest BCUT2D eigenvalue weighted by Gasteiger charge is -2.09. The first-order valence-electron chi connectivity index (χ1n) is 8.52. The summed E-state index contributed by atoms with van der Waals surface area (Å²) in [5.74, 6) is 0.733. The van der Waals surface area contributed by atoms with E-state index in [4.69, 9.17) is 0 Å². The number of anilines is 1. The van der Waals surface area contributed by atoms with Crippen LogP contribution in [-0.2, 0) is 13.0 Å². The Morgan fingerprint density at radius 1 is 0.962 bits per heavy atom. The smallest absolute Gasteiger partial charge is 0.180 e. The van der Waals surface area contributed by atoms with Crippen molar-refractivity contribution in [2.45, 2.75) is 13.0 Å². The van der Waals surface area contributed by atoms with Crippen LogP contribution in [0, 0.1) is 0 Å². The molecule has 0 fully saturated rings. The molecule has 0 saturated carbocycles. The Labute approximate surface area is 151 Å². The van der Waals surface area contributed by atoms with Gasteiger partial charge in [-0.25, -0.2) is 9.97 Å². The molecule has 4 aromatic rings. The molecule has 0 atom stereocenters.